The number of amides is 1. The van der Waals surface area contributed by atoms with Crippen LogP contribution in [0.4, 0.5) is 5.13 Å². The van der Waals surface area contributed by atoms with Crippen LogP contribution in [0.1, 0.15) is 50.1 Å². The van der Waals surface area contributed by atoms with Crippen LogP contribution in [0, 0.1) is 0 Å². The number of rotatable bonds is 8. The first-order chi connectivity index (χ1) is 11.6. The molecule has 6 heteroatoms. The van der Waals surface area contributed by atoms with Crippen LogP contribution in [0.25, 0.3) is 6.08 Å². The number of aromatic nitrogens is 2. The third-order valence-corrected chi connectivity index (χ3v) is 4.39. The summed E-state index contributed by atoms with van der Waals surface area (Å²) in [4.78, 5) is 12.0. The van der Waals surface area contributed by atoms with E-state index in [1.807, 2.05) is 38.1 Å². The number of para-hydroxylation sites is 1. The first-order valence-corrected chi connectivity index (χ1v) is 8.96. The van der Waals surface area contributed by atoms with Crippen molar-refractivity contribution < 1.29 is 9.53 Å². The van der Waals surface area contributed by atoms with Crippen molar-refractivity contribution in [1.82, 2.24) is 10.2 Å². The highest BCUT2D eigenvalue weighted by Crippen LogP contribution is 2.23. The van der Waals surface area contributed by atoms with Gasteiger partial charge in [-0.05, 0) is 18.6 Å². The molecular formula is C18H23N3O2S. The van der Waals surface area contributed by atoms with Crippen molar-refractivity contribution in [3.8, 4) is 5.75 Å². The lowest BCUT2D eigenvalue weighted by Crippen LogP contribution is -2.07. The van der Waals surface area contributed by atoms with Gasteiger partial charge in [-0.15, -0.1) is 10.2 Å². The summed E-state index contributed by atoms with van der Waals surface area (Å²) in [5.74, 6) is 0.855. The zero-order valence-electron chi connectivity index (χ0n) is 14.3. The van der Waals surface area contributed by atoms with Gasteiger partial charge >= 0.3 is 0 Å². The lowest BCUT2D eigenvalue weighted by atomic mass is 10.2. The van der Waals surface area contributed by atoms with Gasteiger partial charge < -0.3 is 4.74 Å². The number of hydrogen-bond acceptors (Lipinski definition) is 5. The zero-order chi connectivity index (χ0) is 17.4. The monoisotopic (exact) mass is 345 g/mol. The van der Waals surface area contributed by atoms with Crippen LogP contribution in [0.2, 0.25) is 0 Å². The molecule has 0 radical (unpaired) electrons. The van der Waals surface area contributed by atoms with Crippen LogP contribution < -0.4 is 10.1 Å². The Kier molecular flexibility index (Phi) is 6.93. The average molecular weight is 345 g/mol. The Bertz CT molecular complexity index is 695. The van der Waals surface area contributed by atoms with Gasteiger partial charge in [0.1, 0.15) is 10.8 Å². The molecule has 1 aromatic carbocycles. The van der Waals surface area contributed by atoms with E-state index in [1.54, 1.807) is 6.08 Å². The van der Waals surface area contributed by atoms with Crippen molar-refractivity contribution >= 4 is 28.5 Å². The highest BCUT2D eigenvalue weighted by molar-refractivity contribution is 7.15. The molecule has 2 aromatic rings. The summed E-state index contributed by atoms with van der Waals surface area (Å²) >= 11 is 1.39. The minimum atomic E-state index is -0.232. The summed E-state index contributed by atoms with van der Waals surface area (Å²) in [6, 6.07) is 7.68. The quantitative estimate of drug-likeness (QED) is 0.565. The molecule has 0 aliphatic heterocycles. The molecule has 2 rings (SSSR count). The number of ether oxygens (including phenoxy) is 1. The number of nitrogens with zero attached hydrogens (tertiary/aromatic N) is 2. The van der Waals surface area contributed by atoms with Gasteiger partial charge in [-0.3, -0.25) is 10.1 Å². The van der Waals surface area contributed by atoms with E-state index < -0.39 is 0 Å². The Morgan fingerprint density at radius 2 is 2.12 bits per heavy atom. The molecule has 1 amide bonds. The molecule has 0 atom stereocenters. The van der Waals surface area contributed by atoms with E-state index >= 15 is 0 Å². The molecule has 0 saturated heterocycles. The van der Waals surface area contributed by atoms with E-state index in [9.17, 15) is 4.79 Å². The molecule has 0 unspecified atom stereocenters. The minimum absolute atomic E-state index is 0.232. The summed E-state index contributed by atoms with van der Waals surface area (Å²) < 4.78 is 5.75. The highest BCUT2D eigenvalue weighted by Gasteiger charge is 2.09. The van der Waals surface area contributed by atoms with E-state index in [-0.39, 0.29) is 5.91 Å². The molecule has 0 spiro atoms. The first kappa shape index (κ1) is 18.1. The van der Waals surface area contributed by atoms with Gasteiger partial charge in [-0.1, -0.05) is 56.7 Å². The van der Waals surface area contributed by atoms with Crippen molar-refractivity contribution in [2.24, 2.45) is 0 Å². The Labute approximate surface area is 146 Å². The molecule has 5 nitrogen and oxygen atoms in total. The second kappa shape index (κ2) is 9.17. The van der Waals surface area contributed by atoms with Gasteiger partial charge in [-0.25, -0.2) is 0 Å². The number of carbonyl (C=O) groups is 1. The molecule has 128 valence electrons. The predicted molar refractivity (Wildman–Crippen MR) is 98.5 cm³/mol. The smallest absolute Gasteiger partial charge is 0.250 e. The number of benzene rings is 1. The topological polar surface area (TPSA) is 64.1 Å². The molecule has 1 heterocycles. The molecule has 1 N–H and O–H groups in total. The van der Waals surface area contributed by atoms with Gasteiger partial charge in [0.2, 0.25) is 11.0 Å². The largest absolute Gasteiger partial charge is 0.493 e. The maximum Gasteiger partial charge on any atom is 0.250 e. The molecule has 0 bridgehead atoms. The Morgan fingerprint density at radius 3 is 2.83 bits per heavy atom. The van der Waals surface area contributed by atoms with Gasteiger partial charge in [-0.2, -0.15) is 0 Å². The van der Waals surface area contributed by atoms with E-state index in [0.717, 1.165) is 29.2 Å². The first-order valence-electron chi connectivity index (χ1n) is 8.14. The normalized spacial score (nSPS) is 11.2. The fourth-order valence-electron chi connectivity index (χ4n) is 1.91. The Balaban J connectivity index is 1.97. The summed E-state index contributed by atoms with van der Waals surface area (Å²) in [7, 11) is 0. The maximum atomic E-state index is 12.0. The molecule has 1 aromatic heterocycles. The number of anilines is 1. The predicted octanol–water partition coefficient (Wildman–Crippen LogP) is 4.49. The standard InChI is InChI=1S/C18H23N3O2S/c1-4-5-12-23-15-9-7-6-8-14(15)10-11-16(22)19-18-21-20-17(24-18)13(2)3/h6-11,13H,4-5,12H2,1-3H3,(H,19,21,22)/b11-10+. The molecule has 0 fully saturated rings. The number of unbranched alkanes of at least 4 members (excludes halogenated alkanes) is 1. The summed E-state index contributed by atoms with van der Waals surface area (Å²) in [6.45, 7) is 6.89. The van der Waals surface area contributed by atoms with Crippen molar-refractivity contribution in [2.75, 3.05) is 11.9 Å². The van der Waals surface area contributed by atoms with Crippen molar-refractivity contribution in [3.05, 3.63) is 40.9 Å². The van der Waals surface area contributed by atoms with Gasteiger partial charge in [0.15, 0.2) is 0 Å². The lowest BCUT2D eigenvalue weighted by molar-refractivity contribution is -0.111. The van der Waals surface area contributed by atoms with Crippen LogP contribution in [0.3, 0.4) is 0 Å². The van der Waals surface area contributed by atoms with Crippen LogP contribution in [-0.4, -0.2) is 22.7 Å². The Morgan fingerprint density at radius 1 is 1.33 bits per heavy atom. The molecule has 0 aliphatic carbocycles. The third-order valence-electron chi connectivity index (χ3n) is 3.25. The number of hydrogen-bond donors (Lipinski definition) is 1. The van der Waals surface area contributed by atoms with Gasteiger partial charge in [0, 0.05) is 17.6 Å². The fraction of sp³-hybridized carbons (Fsp3) is 0.389. The zero-order valence-corrected chi connectivity index (χ0v) is 15.1. The number of nitrogens with one attached hydrogen (secondary N) is 1. The van der Waals surface area contributed by atoms with E-state index in [1.165, 1.54) is 17.4 Å². The minimum Gasteiger partial charge on any atom is -0.493 e. The van der Waals surface area contributed by atoms with Gasteiger partial charge in [0.25, 0.3) is 0 Å². The van der Waals surface area contributed by atoms with Crippen LogP contribution >= 0.6 is 11.3 Å². The lowest BCUT2D eigenvalue weighted by Gasteiger charge is -2.08. The molecular weight excluding hydrogens is 322 g/mol. The van der Waals surface area contributed by atoms with E-state index in [2.05, 4.69) is 22.4 Å². The molecule has 0 saturated carbocycles. The van der Waals surface area contributed by atoms with Gasteiger partial charge in [0.05, 0.1) is 6.61 Å². The van der Waals surface area contributed by atoms with Crippen molar-refractivity contribution in [1.29, 1.82) is 0 Å². The van der Waals surface area contributed by atoms with Crippen LogP contribution in [0.5, 0.6) is 5.75 Å². The van der Waals surface area contributed by atoms with E-state index in [4.69, 9.17) is 4.74 Å². The summed E-state index contributed by atoms with van der Waals surface area (Å²) in [5, 5.41) is 12.2. The fourth-order valence-corrected chi connectivity index (χ4v) is 2.66. The maximum absolute atomic E-state index is 12.0. The van der Waals surface area contributed by atoms with Crippen LogP contribution in [-0.2, 0) is 4.79 Å². The third kappa shape index (κ3) is 5.45. The second-order valence-electron chi connectivity index (χ2n) is 5.66. The van der Waals surface area contributed by atoms with Crippen molar-refractivity contribution in [3.63, 3.8) is 0 Å². The van der Waals surface area contributed by atoms with Crippen LogP contribution in [0.15, 0.2) is 30.3 Å². The van der Waals surface area contributed by atoms with Crippen molar-refractivity contribution in [2.45, 2.75) is 39.5 Å². The summed E-state index contributed by atoms with van der Waals surface area (Å²) in [5.41, 5.74) is 0.879. The average Bonchev–Trinajstić information content (AvgIpc) is 3.03. The van der Waals surface area contributed by atoms with E-state index in [0.29, 0.717) is 17.7 Å². The molecule has 0 aliphatic rings. The second-order valence-corrected chi connectivity index (χ2v) is 6.67. The highest BCUT2D eigenvalue weighted by atomic mass is 32.1. The summed E-state index contributed by atoms with van der Waals surface area (Å²) in [6.07, 6.45) is 5.33. The Hall–Kier alpha value is -2.21. The molecule has 24 heavy (non-hydrogen) atoms. The number of carbonyl (C=O) groups excluding carboxylic acids is 1. The SMILES string of the molecule is CCCCOc1ccccc1/C=C/C(=O)Nc1nnc(C(C)C)s1.